The molecule has 0 aromatic rings. The molecule has 0 unspecified atom stereocenters. The van der Waals surface area contributed by atoms with Gasteiger partial charge in [0.05, 0.1) is 0 Å². The molecule has 0 aliphatic carbocycles. The van der Waals surface area contributed by atoms with Crippen molar-refractivity contribution < 1.29 is 13.2 Å². The number of unbranched alkanes of at least 4 members (excludes halogenated alkanes) is 1. The molecule has 0 rings (SSSR count). The summed E-state index contributed by atoms with van der Waals surface area (Å²) in [5, 5.41) is 3.32. The van der Waals surface area contributed by atoms with Gasteiger partial charge in [0.25, 0.3) is 0 Å². The fourth-order valence-corrected chi connectivity index (χ4v) is 0.993. The molecular formula is C8H12Cl2F3N. The minimum atomic E-state index is -4.05. The first-order chi connectivity index (χ1) is 6.45. The summed E-state index contributed by atoms with van der Waals surface area (Å²) in [5.41, 5.74) is 1.23. The first kappa shape index (κ1) is 14.1. The Morgan fingerprint density at radius 3 is 2.43 bits per heavy atom. The lowest BCUT2D eigenvalue weighted by atomic mass is 10.2. The largest absolute Gasteiger partial charge is 0.389 e. The van der Waals surface area contributed by atoms with Crippen LogP contribution in [0.1, 0.15) is 19.3 Å². The van der Waals surface area contributed by atoms with Crippen molar-refractivity contribution in [3.8, 4) is 0 Å². The summed E-state index contributed by atoms with van der Waals surface area (Å²) in [6.07, 6.45) is -4.16. The van der Waals surface area contributed by atoms with Gasteiger partial charge in [0.2, 0.25) is 0 Å². The van der Waals surface area contributed by atoms with Gasteiger partial charge in [0.1, 0.15) is 0 Å². The van der Waals surface area contributed by atoms with E-state index in [1.54, 1.807) is 0 Å². The summed E-state index contributed by atoms with van der Waals surface area (Å²) in [6, 6.07) is 0. The second kappa shape index (κ2) is 7.37. The molecule has 0 saturated carbocycles. The average molecular weight is 250 g/mol. The van der Waals surface area contributed by atoms with E-state index < -0.39 is 12.6 Å². The third-order valence-electron chi connectivity index (χ3n) is 1.48. The van der Waals surface area contributed by atoms with Gasteiger partial charge in [-0.1, -0.05) is 23.2 Å². The lowest BCUT2D eigenvalue weighted by molar-refractivity contribution is -0.135. The second-order valence-electron chi connectivity index (χ2n) is 2.81. The third kappa shape index (κ3) is 10.2. The zero-order chi connectivity index (χ0) is 11.0. The normalized spacial score (nSPS) is 13.4. The quantitative estimate of drug-likeness (QED) is 0.710. The van der Waals surface area contributed by atoms with Gasteiger partial charge < -0.3 is 5.32 Å². The molecule has 0 bridgehead atoms. The fraction of sp³-hybridized carbons (Fsp3) is 0.750. The van der Waals surface area contributed by atoms with E-state index in [1.165, 1.54) is 5.54 Å². The third-order valence-corrected chi connectivity index (χ3v) is 2.09. The maximum atomic E-state index is 11.7. The van der Waals surface area contributed by atoms with Gasteiger partial charge in [-0.05, 0) is 19.4 Å². The average Bonchev–Trinajstić information content (AvgIpc) is 2.08. The van der Waals surface area contributed by atoms with Crippen LogP contribution in [-0.4, -0.2) is 19.3 Å². The van der Waals surface area contributed by atoms with Crippen LogP contribution >= 0.6 is 23.2 Å². The topological polar surface area (TPSA) is 12.0 Å². The lowest BCUT2D eigenvalue weighted by Gasteiger charge is -2.06. The summed E-state index contributed by atoms with van der Waals surface area (Å²) in [4.78, 5) is 0. The second-order valence-corrected chi connectivity index (χ2v) is 3.51. The summed E-state index contributed by atoms with van der Waals surface area (Å²) >= 11 is 10.8. The van der Waals surface area contributed by atoms with Crippen LogP contribution < -0.4 is 5.32 Å². The Morgan fingerprint density at radius 1 is 1.29 bits per heavy atom. The summed E-state index contributed by atoms with van der Waals surface area (Å²) < 4.78 is 35.0. The van der Waals surface area contributed by atoms with Crippen LogP contribution in [0.3, 0.4) is 0 Å². The van der Waals surface area contributed by atoms with E-state index in [2.05, 4.69) is 5.32 Å². The standard InChI is InChI=1S/C8H12Cl2F3N/c9-5-7(10)6-14-4-2-1-3-8(11,12)13/h5,14H,1-4,6H2. The van der Waals surface area contributed by atoms with Crippen LogP contribution in [0.25, 0.3) is 0 Å². The van der Waals surface area contributed by atoms with Crippen molar-refractivity contribution in [2.45, 2.75) is 25.4 Å². The van der Waals surface area contributed by atoms with Crippen molar-refractivity contribution in [1.29, 1.82) is 0 Å². The van der Waals surface area contributed by atoms with E-state index in [0.717, 1.165) is 0 Å². The highest BCUT2D eigenvalue weighted by atomic mass is 35.5. The Labute approximate surface area is 91.3 Å². The number of nitrogens with one attached hydrogen (secondary N) is 1. The van der Waals surface area contributed by atoms with Crippen LogP contribution in [0, 0.1) is 0 Å². The molecule has 1 nitrogen and oxygen atoms in total. The summed E-state index contributed by atoms with van der Waals surface area (Å²) in [6.45, 7) is 0.911. The van der Waals surface area contributed by atoms with Crippen molar-refractivity contribution in [3.05, 3.63) is 10.6 Å². The predicted octanol–water partition coefficient (Wildman–Crippen LogP) is 3.63. The molecule has 0 heterocycles. The number of hydrogen-bond acceptors (Lipinski definition) is 1. The smallest absolute Gasteiger partial charge is 0.312 e. The van der Waals surface area contributed by atoms with Crippen molar-refractivity contribution in [2.75, 3.05) is 13.1 Å². The Kier molecular flexibility index (Phi) is 7.41. The van der Waals surface area contributed by atoms with Crippen LogP contribution in [0.15, 0.2) is 10.6 Å². The molecule has 0 amide bonds. The molecule has 0 radical (unpaired) electrons. The van der Waals surface area contributed by atoms with E-state index in [9.17, 15) is 13.2 Å². The van der Waals surface area contributed by atoms with Crippen molar-refractivity contribution >= 4 is 23.2 Å². The molecule has 0 saturated heterocycles. The van der Waals surface area contributed by atoms with Gasteiger partial charge in [-0.2, -0.15) is 13.2 Å². The zero-order valence-electron chi connectivity index (χ0n) is 7.50. The van der Waals surface area contributed by atoms with Crippen molar-refractivity contribution in [2.24, 2.45) is 0 Å². The van der Waals surface area contributed by atoms with Gasteiger partial charge in [-0.15, -0.1) is 0 Å². The Hall–Kier alpha value is 0.0700. The van der Waals surface area contributed by atoms with Gasteiger partial charge in [-0.3, -0.25) is 0 Å². The van der Waals surface area contributed by atoms with Crippen molar-refractivity contribution in [1.82, 2.24) is 5.32 Å². The molecule has 1 N–H and O–H groups in total. The van der Waals surface area contributed by atoms with Gasteiger partial charge in [0.15, 0.2) is 0 Å². The molecule has 0 aromatic carbocycles. The van der Waals surface area contributed by atoms with Crippen molar-refractivity contribution in [3.63, 3.8) is 0 Å². The molecule has 0 aliphatic heterocycles. The monoisotopic (exact) mass is 249 g/mol. The molecule has 0 aromatic heterocycles. The number of hydrogen-bond donors (Lipinski definition) is 1. The SMILES string of the molecule is FC(F)(F)CCCCNCC(Cl)=CCl. The lowest BCUT2D eigenvalue weighted by Crippen LogP contribution is -2.17. The highest BCUT2D eigenvalue weighted by Gasteiger charge is 2.25. The van der Waals surface area contributed by atoms with Crippen LogP contribution in [0.4, 0.5) is 13.2 Å². The van der Waals surface area contributed by atoms with Crippen LogP contribution in [0.2, 0.25) is 0 Å². The maximum absolute atomic E-state index is 11.7. The van der Waals surface area contributed by atoms with Gasteiger partial charge in [-0.25, -0.2) is 0 Å². The molecule has 0 aliphatic rings. The van der Waals surface area contributed by atoms with Gasteiger partial charge in [0, 0.05) is 23.5 Å². The molecule has 0 fully saturated rings. The van der Waals surface area contributed by atoms with E-state index in [4.69, 9.17) is 23.2 Å². The summed E-state index contributed by atoms with van der Waals surface area (Å²) in [5.74, 6) is 0. The van der Waals surface area contributed by atoms with Crippen LogP contribution in [0.5, 0.6) is 0 Å². The van der Waals surface area contributed by atoms with E-state index in [1.807, 2.05) is 0 Å². The van der Waals surface area contributed by atoms with E-state index >= 15 is 0 Å². The van der Waals surface area contributed by atoms with Gasteiger partial charge >= 0.3 is 6.18 Å². The minimum Gasteiger partial charge on any atom is -0.312 e. The van der Waals surface area contributed by atoms with Crippen LogP contribution in [-0.2, 0) is 0 Å². The molecular weight excluding hydrogens is 238 g/mol. The Bertz CT molecular complexity index is 180. The Morgan fingerprint density at radius 2 is 1.93 bits per heavy atom. The minimum absolute atomic E-state index is 0.138. The molecule has 14 heavy (non-hydrogen) atoms. The zero-order valence-corrected chi connectivity index (χ0v) is 9.01. The predicted molar refractivity (Wildman–Crippen MR) is 52.6 cm³/mol. The number of halogens is 5. The Balaban J connectivity index is 3.23. The first-order valence-corrected chi connectivity index (χ1v) is 4.99. The molecule has 84 valence electrons. The maximum Gasteiger partial charge on any atom is 0.389 e. The highest BCUT2D eigenvalue weighted by molar-refractivity contribution is 6.36. The first-order valence-electron chi connectivity index (χ1n) is 4.18. The molecule has 6 heteroatoms. The fourth-order valence-electron chi connectivity index (χ4n) is 0.822. The van der Waals surface area contributed by atoms with E-state index in [0.29, 0.717) is 24.5 Å². The molecule has 0 spiro atoms. The number of alkyl halides is 3. The highest BCUT2D eigenvalue weighted by Crippen LogP contribution is 2.21. The number of rotatable bonds is 6. The summed E-state index contributed by atoms with van der Waals surface area (Å²) in [7, 11) is 0. The molecule has 0 atom stereocenters. The van der Waals surface area contributed by atoms with E-state index in [-0.39, 0.29) is 6.42 Å².